The summed E-state index contributed by atoms with van der Waals surface area (Å²) in [6.07, 6.45) is 1.56. The number of nitrogens with zero attached hydrogens (tertiary/aromatic N) is 1. The highest BCUT2D eigenvalue weighted by Gasteiger charge is 2.41. The van der Waals surface area contributed by atoms with Gasteiger partial charge in [0.25, 0.3) is 5.91 Å². The Kier molecular flexibility index (Phi) is 5.59. The van der Waals surface area contributed by atoms with E-state index in [9.17, 15) is 23.8 Å². The molecule has 1 unspecified atom stereocenters. The Bertz CT molecular complexity index is 952. The van der Waals surface area contributed by atoms with Crippen molar-refractivity contribution in [3.63, 3.8) is 0 Å². The zero-order chi connectivity index (χ0) is 21.5. The van der Waals surface area contributed by atoms with Crippen molar-refractivity contribution in [2.75, 3.05) is 19.6 Å². The predicted molar refractivity (Wildman–Crippen MR) is 108 cm³/mol. The molecule has 2 atom stereocenters. The SMILES string of the molecule is O=C(c1cc(Cl)c(O)cc1O)N1CCC[C@@H]1c1ccc(C[NH+]2CCC(F)(F)C2)cc1. The summed E-state index contributed by atoms with van der Waals surface area (Å²) >= 11 is 5.91. The van der Waals surface area contributed by atoms with Crippen LogP contribution in [0.3, 0.4) is 0 Å². The van der Waals surface area contributed by atoms with Gasteiger partial charge < -0.3 is 20.0 Å². The lowest BCUT2D eigenvalue weighted by Crippen LogP contribution is -3.09. The third kappa shape index (κ3) is 4.23. The van der Waals surface area contributed by atoms with Crippen molar-refractivity contribution in [3.8, 4) is 11.5 Å². The van der Waals surface area contributed by atoms with Crippen molar-refractivity contribution in [1.82, 2.24) is 4.90 Å². The molecular formula is C22H24ClF2N2O3+. The summed E-state index contributed by atoms with van der Waals surface area (Å²) in [6.45, 7) is 1.45. The third-order valence-electron chi connectivity index (χ3n) is 5.98. The first-order chi connectivity index (χ1) is 14.2. The summed E-state index contributed by atoms with van der Waals surface area (Å²) in [7, 11) is 0. The van der Waals surface area contributed by atoms with E-state index in [0.717, 1.165) is 34.9 Å². The first-order valence-electron chi connectivity index (χ1n) is 10.1. The van der Waals surface area contributed by atoms with E-state index in [4.69, 9.17) is 11.6 Å². The fraction of sp³-hybridized carbons (Fsp3) is 0.409. The largest absolute Gasteiger partial charge is 0.507 e. The standard InChI is InChI=1S/C22H23ClF2N2O3/c23-17-10-16(19(28)11-20(17)29)21(30)27-8-1-2-18(27)15-5-3-14(4-6-15)12-26-9-7-22(24,25)13-26/h3-6,10-11,18,28-29H,1-2,7-9,12-13H2/p+1/t18-/m1/s1. The number of rotatable bonds is 4. The lowest BCUT2D eigenvalue weighted by molar-refractivity contribution is -0.905. The summed E-state index contributed by atoms with van der Waals surface area (Å²) in [6, 6.07) is 9.98. The lowest BCUT2D eigenvalue weighted by Gasteiger charge is -2.26. The minimum Gasteiger partial charge on any atom is -0.507 e. The zero-order valence-electron chi connectivity index (χ0n) is 16.4. The van der Waals surface area contributed by atoms with E-state index < -0.39 is 5.92 Å². The molecule has 160 valence electrons. The molecule has 2 saturated heterocycles. The number of alkyl halides is 2. The summed E-state index contributed by atoms with van der Waals surface area (Å²) in [4.78, 5) is 15.6. The van der Waals surface area contributed by atoms with E-state index in [0.29, 0.717) is 19.6 Å². The van der Waals surface area contributed by atoms with Crippen molar-refractivity contribution < 1.29 is 28.7 Å². The number of aromatic hydroxyl groups is 2. The molecule has 2 aromatic rings. The second kappa shape index (κ2) is 8.04. The van der Waals surface area contributed by atoms with Crippen LogP contribution in [0.1, 0.15) is 46.8 Å². The van der Waals surface area contributed by atoms with Crippen LogP contribution in [0.2, 0.25) is 5.02 Å². The van der Waals surface area contributed by atoms with Crippen LogP contribution in [0.5, 0.6) is 11.5 Å². The van der Waals surface area contributed by atoms with Gasteiger partial charge in [0, 0.05) is 18.2 Å². The Morgan fingerprint density at radius 1 is 1.20 bits per heavy atom. The second-order valence-electron chi connectivity index (χ2n) is 8.18. The molecular weight excluding hydrogens is 414 g/mol. The van der Waals surface area contributed by atoms with Gasteiger partial charge >= 0.3 is 5.92 Å². The Morgan fingerprint density at radius 2 is 1.93 bits per heavy atom. The monoisotopic (exact) mass is 437 g/mol. The quantitative estimate of drug-likeness (QED) is 0.688. The summed E-state index contributed by atoms with van der Waals surface area (Å²) in [5.74, 6) is -3.50. The highest BCUT2D eigenvalue weighted by atomic mass is 35.5. The Hall–Kier alpha value is -2.38. The number of hydrogen-bond donors (Lipinski definition) is 3. The maximum absolute atomic E-state index is 13.4. The lowest BCUT2D eigenvalue weighted by atomic mass is 10.0. The number of benzene rings is 2. The molecule has 1 amide bonds. The van der Waals surface area contributed by atoms with Gasteiger partial charge in [0.1, 0.15) is 24.6 Å². The van der Waals surface area contributed by atoms with E-state index in [1.54, 1.807) is 4.90 Å². The molecule has 2 aliphatic rings. The van der Waals surface area contributed by atoms with Crippen LogP contribution in [0.25, 0.3) is 0 Å². The van der Waals surface area contributed by atoms with Crippen LogP contribution in [0.4, 0.5) is 8.78 Å². The summed E-state index contributed by atoms with van der Waals surface area (Å²) < 4.78 is 26.8. The van der Waals surface area contributed by atoms with E-state index in [-0.39, 0.29) is 47.0 Å². The van der Waals surface area contributed by atoms with E-state index >= 15 is 0 Å². The molecule has 0 spiro atoms. The molecule has 30 heavy (non-hydrogen) atoms. The molecule has 0 aliphatic carbocycles. The molecule has 0 saturated carbocycles. The van der Waals surface area contributed by atoms with Crippen molar-refractivity contribution in [3.05, 3.63) is 58.1 Å². The third-order valence-corrected chi connectivity index (χ3v) is 6.28. The molecule has 2 aliphatic heterocycles. The summed E-state index contributed by atoms with van der Waals surface area (Å²) in [5.41, 5.74) is 2.01. The molecule has 3 N–H and O–H groups in total. The van der Waals surface area contributed by atoms with Gasteiger partial charge in [-0.05, 0) is 24.5 Å². The first kappa shape index (κ1) is 20.9. The highest BCUT2D eigenvalue weighted by Crippen LogP contribution is 2.37. The molecule has 2 heterocycles. The number of likely N-dealkylation sites (tertiary alicyclic amines) is 2. The number of phenols is 2. The molecule has 5 nitrogen and oxygen atoms in total. The summed E-state index contributed by atoms with van der Waals surface area (Å²) in [5, 5.41) is 19.7. The van der Waals surface area contributed by atoms with Crippen molar-refractivity contribution in [2.24, 2.45) is 0 Å². The smallest absolute Gasteiger partial charge is 0.300 e. The predicted octanol–water partition coefficient (Wildman–Crippen LogP) is 3.15. The van der Waals surface area contributed by atoms with Gasteiger partial charge in [-0.3, -0.25) is 4.79 Å². The van der Waals surface area contributed by atoms with E-state index in [1.807, 2.05) is 24.3 Å². The normalized spacial score (nSPS) is 23.1. The first-order valence-corrected chi connectivity index (χ1v) is 10.4. The zero-order valence-corrected chi connectivity index (χ0v) is 17.1. The van der Waals surface area contributed by atoms with Crippen molar-refractivity contribution in [2.45, 2.75) is 37.8 Å². The molecule has 8 heteroatoms. The van der Waals surface area contributed by atoms with E-state index in [1.165, 1.54) is 6.07 Å². The molecule has 0 radical (unpaired) electrons. The molecule has 2 aromatic carbocycles. The van der Waals surface area contributed by atoms with Gasteiger partial charge in [-0.25, -0.2) is 8.78 Å². The Morgan fingerprint density at radius 3 is 2.60 bits per heavy atom. The van der Waals surface area contributed by atoms with Gasteiger partial charge in [-0.15, -0.1) is 0 Å². The second-order valence-corrected chi connectivity index (χ2v) is 8.59. The molecule has 2 fully saturated rings. The average molecular weight is 438 g/mol. The van der Waals surface area contributed by atoms with E-state index in [2.05, 4.69) is 0 Å². The van der Waals surface area contributed by atoms with Crippen LogP contribution >= 0.6 is 11.6 Å². The highest BCUT2D eigenvalue weighted by molar-refractivity contribution is 6.32. The van der Waals surface area contributed by atoms with Gasteiger partial charge in [-0.1, -0.05) is 35.9 Å². The molecule has 0 bridgehead atoms. The van der Waals surface area contributed by atoms with Crippen LogP contribution in [0, 0.1) is 0 Å². The van der Waals surface area contributed by atoms with Crippen LogP contribution in [0.15, 0.2) is 36.4 Å². The van der Waals surface area contributed by atoms with Crippen molar-refractivity contribution >= 4 is 17.5 Å². The number of hydrogen-bond acceptors (Lipinski definition) is 3. The minimum absolute atomic E-state index is 0.00578. The number of carbonyl (C=O) groups excluding carboxylic acids is 1. The van der Waals surface area contributed by atoms with Gasteiger partial charge in [0.2, 0.25) is 0 Å². The number of amides is 1. The number of carbonyl (C=O) groups is 1. The molecule has 0 aromatic heterocycles. The van der Waals surface area contributed by atoms with Crippen LogP contribution in [-0.4, -0.2) is 46.6 Å². The maximum Gasteiger partial charge on any atom is 0.300 e. The Balaban J connectivity index is 1.48. The van der Waals surface area contributed by atoms with Gasteiger partial charge in [0.15, 0.2) is 0 Å². The minimum atomic E-state index is -2.57. The van der Waals surface area contributed by atoms with Crippen LogP contribution in [-0.2, 0) is 6.54 Å². The fourth-order valence-electron chi connectivity index (χ4n) is 4.43. The average Bonchev–Trinajstić information content (AvgIpc) is 3.31. The van der Waals surface area contributed by atoms with Gasteiger partial charge in [0.05, 0.1) is 29.6 Å². The number of phenolic OH excluding ortho intramolecular Hbond substituents is 2. The fourth-order valence-corrected chi connectivity index (χ4v) is 4.60. The number of nitrogens with one attached hydrogen (secondary N) is 1. The maximum atomic E-state index is 13.4. The number of halogens is 3. The molecule has 4 rings (SSSR count). The van der Waals surface area contributed by atoms with Crippen molar-refractivity contribution in [1.29, 1.82) is 0 Å². The van der Waals surface area contributed by atoms with Gasteiger partial charge in [-0.2, -0.15) is 0 Å². The number of quaternary nitrogens is 1. The topological polar surface area (TPSA) is 65.2 Å². The van der Waals surface area contributed by atoms with Crippen LogP contribution < -0.4 is 4.90 Å². The Labute approximate surface area is 178 Å².